The molecule has 6 heteroatoms. The summed E-state index contributed by atoms with van der Waals surface area (Å²) in [5.41, 5.74) is 0.957. The van der Waals surface area contributed by atoms with Gasteiger partial charge in [0.15, 0.2) is 5.69 Å². The summed E-state index contributed by atoms with van der Waals surface area (Å²) >= 11 is 1.36. The maximum absolute atomic E-state index is 12.6. The molecule has 0 spiro atoms. The van der Waals surface area contributed by atoms with Gasteiger partial charge in [0.05, 0.1) is 13.2 Å². The topological polar surface area (TPSA) is 59.5 Å². The minimum absolute atomic E-state index is 0.0275. The highest BCUT2D eigenvalue weighted by Gasteiger charge is 2.18. The van der Waals surface area contributed by atoms with Crippen molar-refractivity contribution in [3.8, 4) is 0 Å². The van der Waals surface area contributed by atoms with Crippen LogP contribution in [0.15, 0.2) is 35.7 Å². The molecule has 1 amide bonds. The summed E-state index contributed by atoms with van der Waals surface area (Å²) in [6.07, 6.45) is 0.856. The summed E-state index contributed by atoms with van der Waals surface area (Å²) in [6.45, 7) is 5.14. The Balaban J connectivity index is 2.10. The van der Waals surface area contributed by atoms with Gasteiger partial charge >= 0.3 is 5.97 Å². The monoisotopic (exact) mass is 332 g/mol. The Morgan fingerprint density at radius 3 is 2.61 bits per heavy atom. The normalized spacial score (nSPS) is 10.3. The lowest BCUT2D eigenvalue weighted by atomic mass is 10.2. The van der Waals surface area contributed by atoms with Crippen LogP contribution in [0.25, 0.3) is 0 Å². The largest absolute Gasteiger partial charge is 0.461 e. The van der Waals surface area contributed by atoms with E-state index in [1.165, 1.54) is 11.3 Å². The average Bonchev–Trinajstić information content (AvgIpc) is 3.03. The number of amides is 1. The van der Waals surface area contributed by atoms with E-state index in [0.29, 0.717) is 31.0 Å². The van der Waals surface area contributed by atoms with Gasteiger partial charge in [-0.15, -0.1) is 11.3 Å². The molecule has 0 aliphatic heterocycles. The SMILES string of the molecule is CCCN(Cc1nc(C(=O)OCC)cs1)C(=O)c1ccccc1. The molecule has 0 radical (unpaired) electrons. The van der Waals surface area contributed by atoms with Crippen LogP contribution in [0.4, 0.5) is 0 Å². The molecule has 0 bridgehead atoms. The molecule has 2 rings (SSSR count). The Kier molecular flexibility index (Phi) is 6.29. The molecule has 0 saturated heterocycles. The van der Waals surface area contributed by atoms with Crippen molar-refractivity contribution in [1.82, 2.24) is 9.88 Å². The first-order valence-corrected chi connectivity index (χ1v) is 8.49. The molecule has 1 heterocycles. The van der Waals surface area contributed by atoms with Crippen LogP contribution in [0.5, 0.6) is 0 Å². The van der Waals surface area contributed by atoms with E-state index in [1.807, 2.05) is 25.1 Å². The van der Waals surface area contributed by atoms with Crippen LogP contribution in [0.3, 0.4) is 0 Å². The quantitative estimate of drug-likeness (QED) is 0.729. The second kappa shape index (κ2) is 8.43. The number of esters is 1. The summed E-state index contributed by atoms with van der Waals surface area (Å²) < 4.78 is 4.94. The Hall–Kier alpha value is -2.21. The number of nitrogens with zero attached hydrogens (tertiary/aromatic N) is 2. The van der Waals surface area contributed by atoms with Crippen molar-refractivity contribution in [2.24, 2.45) is 0 Å². The predicted molar refractivity (Wildman–Crippen MR) is 89.5 cm³/mol. The molecule has 0 atom stereocenters. The fourth-order valence-electron chi connectivity index (χ4n) is 2.13. The first-order chi connectivity index (χ1) is 11.2. The van der Waals surface area contributed by atoms with E-state index in [4.69, 9.17) is 4.74 Å². The van der Waals surface area contributed by atoms with E-state index in [-0.39, 0.29) is 5.91 Å². The van der Waals surface area contributed by atoms with Crippen LogP contribution in [-0.2, 0) is 11.3 Å². The molecule has 122 valence electrons. The fourth-order valence-corrected chi connectivity index (χ4v) is 2.91. The van der Waals surface area contributed by atoms with Crippen molar-refractivity contribution in [3.63, 3.8) is 0 Å². The van der Waals surface area contributed by atoms with Gasteiger partial charge in [0, 0.05) is 17.5 Å². The van der Waals surface area contributed by atoms with Gasteiger partial charge < -0.3 is 9.64 Å². The van der Waals surface area contributed by atoms with Crippen molar-refractivity contribution >= 4 is 23.2 Å². The van der Waals surface area contributed by atoms with E-state index < -0.39 is 5.97 Å². The molecule has 0 unspecified atom stereocenters. The van der Waals surface area contributed by atoms with Crippen LogP contribution in [0, 0.1) is 0 Å². The minimum Gasteiger partial charge on any atom is -0.461 e. The zero-order chi connectivity index (χ0) is 16.7. The van der Waals surface area contributed by atoms with Crippen LogP contribution in [0.1, 0.15) is 46.1 Å². The van der Waals surface area contributed by atoms with E-state index in [1.54, 1.807) is 29.3 Å². The third-order valence-corrected chi connectivity index (χ3v) is 4.00. The van der Waals surface area contributed by atoms with Crippen molar-refractivity contribution in [3.05, 3.63) is 52.0 Å². The van der Waals surface area contributed by atoms with Gasteiger partial charge in [-0.25, -0.2) is 9.78 Å². The molecule has 23 heavy (non-hydrogen) atoms. The molecule has 5 nitrogen and oxygen atoms in total. The number of hydrogen-bond acceptors (Lipinski definition) is 5. The zero-order valence-electron chi connectivity index (χ0n) is 13.3. The molecule has 0 saturated carbocycles. The number of benzene rings is 1. The maximum atomic E-state index is 12.6. The summed E-state index contributed by atoms with van der Waals surface area (Å²) in [5, 5.41) is 2.40. The molecule has 1 aromatic heterocycles. The highest BCUT2D eigenvalue weighted by Crippen LogP contribution is 2.15. The minimum atomic E-state index is -0.425. The van der Waals surface area contributed by atoms with Crippen LogP contribution in [-0.4, -0.2) is 34.9 Å². The van der Waals surface area contributed by atoms with Crippen molar-refractivity contribution in [1.29, 1.82) is 0 Å². The zero-order valence-corrected chi connectivity index (χ0v) is 14.1. The second-order valence-electron chi connectivity index (χ2n) is 4.94. The number of hydrogen-bond donors (Lipinski definition) is 0. The Morgan fingerprint density at radius 1 is 1.22 bits per heavy atom. The Labute approximate surface area is 139 Å². The number of aromatic nitrogens is 1. The van der Waals surface area contributed by atoms with Crippen LogP contribution < -0.4 is 0 Å². The number of ether oxygens (including phenoxy) is 1. The molecular weight excluding hydrogens is 312 g/mol. The van der Waals surface area contributed by atoms with Gasteiger partial charge in [-0.1, -0.05) is 25.1 Å². The van der Waals surface area contributed by atoms with Gasteiger partial charge in [-0.2, -0.15) is 0 Å². The fraction of sp³-hybridized carbons (Fsp3) is 0.353. The lowest BCUT2D eigenvalue weighted by Gasteiger charge is -2.21. The van der Waals surface area contributed by atoms with Crippen molar-refractivity contribution in [2.45, 2.75) is 26.8 Å². The molecule has 0 aliphatic carbocycles. The van der Waals surface area contributed by atoms with E-state index in [2.05, 4.69) is 4.98 Å². The molecular formula is C17H20N2O3S. The first-order valence-electron chi connectivity index (χ1n) is 7.61. The summed E-state index contributed by atoms with van der Waals surface area (Å²) in [7, 11) is 0. The third-order valence-electron chi connectivity index (χ3n) is 3.16. The molecule has 0 N–H and O–H groups in total. The van der Waals surface area contributed by atoms with E-state index >= 15 is 0 Å². The number of carbonyl (C=O) groups is 2. The highest BCUT2D eigenvalue weighted by molar-refractivity contribution is 7.09. The Bertz CT molecular complexity index is 655. The van der Waals surface area contributed by atoms with Crippen molar-refractivity contribution < 1.29 is 14.3 Å². The average molecular weight is 332 g/mol. The van der Waals surface area contributed by atoms with Crippen LogP contribution >= 0.6 is 11.3 Å². The molecule has 1 aromatic carbocycles. The number of carbonyl (C=O) groups excluding carboxylic acids is 2. The molecule has 0 fully saturated rings. The number of rotatable bonds is 7. The van der Waals surface area contributed by atoms with Gasteiger partial charge in [0.2, 0.25) is 0 Å². The first kappa shape index (κ1) is 17.1. The van der Waals surface area contributed by atoms with Gasteiger partial charge in [0.1, 0.15) is 5.01 Å². The number of thiazole rings is 1. The van der Waals surface area contributed by atoms with Gasteiger partial charge in [-0.05, 0) is 25.5 Å². The van der Waals surface area contributed by atoms with Gasteiger partial charge in [-0.3, -0.25) is 4.79 Å². The lowest BCUT2D eigenvalue weighted by molar-refractivity contribution is 0.0520. The molecule has 0 aliphatic rings. The second-order valence-corrected chi connectivity index (χ2v) is 5.88. The highest BCUT2D eigenvalue weighted by atomic mass is 32.1. The Morgan fingerprint density at radius 2 is 1.96 bits per heavy atom. The summed E-state index contributed by atoms with van der Waals surface area (Å²) in [4.78, 5) is 30.3. The van der Waals surface area contributed by atoms with E-state index in [9.17, 15) is 9.59 Å². The van der Waals surface area contributed by atoms with E-state index in [0.717, 1.165) is 11.4 Å². The molecule has 2 aromatic rings. The lowest BCUT2D eigenvalue weighted by Crippen LogP contribution is -2.31. The smallest absolute Gasteiger partial charge is 0.357 e. The standard InChI is InChI=1S/C17H20N2O3S/c1-3-10-19(16(20)13-8-6-5-7-9-13)11-15-18-14(12-23-15)17(21)22-4-2/h5-9,12H,3-4,10-11H2,1-2H3. The maximum Gasteiger partial charge on any atom is 0.357 e. The van der Waals surface area contributed by atoms with Crippen LogP contribution in [0.2, 0.25) is 0 Å². The predicted octanol–water partition coefficient (Wildman–Crippen LogP) is 3.37. The van der Waals surface area contributed by atoms with Crippen molar-refractivity contribution in [2.75, 3.05) is 13.2 Å². The third kappa shape index (κ3) is 4.63. The van der Waals surface area contributed by atoms with Gasteiger partial charge in [0.25, 0.3) is 5.91 Å². The summed E-state index contributed by atoms with van der Waals surface area (Å²) in [6, 6.07) is 9.18. The summed E-state index contributed by atoms with van der Waals surface area (Å²) in [5.74, 6) is -0.452.